The van der Waals surface area contributed by atoms with Gasteiger partial charge in [0, 0.05) is 38.1 Å². The van der Waals surface area contributed by atoms with E-state index in [-0.39, 0.29) is 11.8 Å². The normalized spacial score (nSPS) is 18.6. The van der Waals surface area contributed by atoms with E-state index < -0.39 is 5.41 Å². The molecule has 0 N–H and O–H groups in total. The van der Waals surface area contributed by atoms with Gasteiger partial charge in [0.15, 0.2) is 0 Å². The van der Waals surface area contributed by atoms with Crippen molar-refractivity contribution in [3.8, 4) is 11.5 Å². The van der Waals surface area contributed by atoms with E-state index in [1.54, 1.807) is 0 Å². The second-order valence-electron chi connectivity index (χ2n) is 11.1. The molecule has 0 bridgehead atoms. The number of fused-ring (bicyclic) bond motifs is 2. The third-order valence-electron chi connectivity index (χ3n) is 8.61. The lowest BCUT2D eigenvalue weighted by molar-refractivity contribution is -0.144. The summed E-state index contributed by atoms with van der Waals surface area (Å²) in [6.07, 6.45) is 6.43. The van der Waals surface area contributed by atoms with Crippen molar-refractivity contribution in [3.63, 3.8) is 0 Å². The highest BCUT2D eigenvalue weighted by Crippen LogP contribution is 2.39. The Balaban J connectivity index is 1.28. The Labute approximate surface area is 231 Å². The van der Waals surface area contributed by atoms with E-state index in [2.05, 4.69) is 12.1 Å². The molecule has 0 unspecified atom stereocenters. The summed E-state index contributed by atoms with van der Waals surface area (Å²) in [5, 5.41) is 0.997. The summed E-state index contributed by atoms with van der Waals surface area (Å²) < 4.78 is 13.7. The first kappa shape index (κ1) is 27.1. The Morgan fingerprint density at radius 1 is 0.974 bits per heavy atom. The molecule has 2 aromatic carbocycles. The van der Waals surface area contributed by atoms with Gasteiger partial charge in [-0.05, 0) is 74.9 Å². The second kappa shape index (κ2) is 11.7. The van der Waals surface area contributed by atoms with Gasteiger partial charge in [0.1, 0.15) is 23.8 Å². The van der Waals surface area contributed by atoms with Crippen LogP contribution in [0.1, 0.15) is 61.5 Å². The van der Waals surface area contributed by atoms with Gasteiger partial charge in [-0.3, -0.25) is 9.59 Å². The number of amides is 2. The van der Waals surface area contributed by atoms with Gasteiger partial charge < -0.3 is 23.8 Å². The number of likely N-dealkylation sites (N-methyl/N-ethyl adjacent to an activating group) is 1. The summed E-state index contributed by atoms with van der Waals surface area (Å²) in [6, 6.07) is 16.1. The molecule has 0 saturated carbocycles. The summed E-state index contributed by atoms with van der Waals surface area (Å²) in [5.74, 6) is 1.96. The average molecular weight is 532 g/mol. The molecule has 1 spiro atoms. The Hall–Kier alpha value is -3.48. The molecule has 0 aliphatic carbocycles. The van der Waals surface area contributed by atoms with Crippen molar-refractivity contribution in [1.82, 2.24) is 14.4 Å². The van der Waals surface area contributed by atoms with E-state index in [0.717, 1.165) is 54.5 Å². The van der Waals surface area contributed by atoms with Crippen LogP contribution in [0.5, 0.6) is 11.5 Å². The highest BCUT2D eigenvalue weighted by molar-refractivity contribution is 5.99. The van der Waals surface area contributed by atoms with Crippen molar-refractivity contribution in [1.29, 1.82) is 0 Å². The lowest BCUT2D eigenvalue weighted by atomic mass is 9.73. The number of piperidine rings is 1. The van der Waals surface area contributed by atoms with Crippen LogP contribution in [-0.4, -0.2) is 66.1 Å². The van der Waals surface area contributed by atoms with E-state index in [0.29, 0.717) is 51.4 Å². The number of rotatable bonds is 3. The first-order valence-electron chi connectivity index (χ1n) is 14.4. The summed E-state index contributed by atoms with van der Waals surface area (Å²) in [6.45, 7) is 4.78. The zero-order valence-corrected chi connectivity index (χ0v) is 23.6. The Bertz CT molecular complexity index is 1320. The van der Waals surface area contributed by atoms with Gasteiger partial charge in [0.05, 0.1) is 18.6 Å². The van der Waals surface area contributed by atoms with Gasteiger partial charge in [-0.25, -0.2) is 0 Å². The molecule has 7 heteroatoms. The lowest BCUT2D eigenvalue weighted by Crippen LogP contribution is -2.51. The molecule has 39 heavy (non-hydrogen) atoms. The minimum Gasteiger partial charge on any atom is -0.494 e. The van der Waals surface area contributed by atoms with Crippen LogP contribution < -0.4 is 9.47 Å². The molecule has 1 aromatic heterocycles. The van der Waals surface area contributed by atoms with Crippen molar-refractivity contribution in [2.24, 2.45) is 12.5 Å². The molecule has 3 aromatic rings. The molecule has 7 nitrogen and oxygen atoms in total. The summed E-state index contributed by atoms with van der Waals surface area (Å²) in [5.41, 5.74) is 2.50. The topological polar surface area (TPSA) is 64.0 Å². The maximum Gasteiger partial charge on any atom is 0.270 e. The first-order chi connectivity index (χ1) is 18.9. The Morgan fingerprint density at radius 3 is 2.56 bits per heavy atom. The number of carbonyl (C=O) groups excluding carboxylic acids is 2. The fourth-order valence-electron chi connectivity index (χ4n) is 6.27. The standard InChI is InChI=1S/C32H41N3O4/c1-4-38-26-13-14-27-25(22-26)23-28(34(27)3)30(36)35-18-16-32(17-19-35)15-9-5-6-10-24-11-7-8-12-29(24)39-21-20-33(2)31(32)37/h7-8,11-14,22-23H,4-6,9-10,15-21H2,1-3H3. The highest BCUT2D eigenvalue weighted by atomic mass is 16.5. The fraction of sp³-hybridized carbons (Fsp3) is 0.500. The number of aryl methyl sites for hydroxylation is 2. The predicted molar refractivity (Wildman–Crippen MR) is 153 cm³/mol. The largest absolute Gasteiger partial charge is 0.494 e. The van der Waals surface area contributed by atoms with Gasteiger partial charge in [-0.2, -0.15) is 0 Å². The molecule has 3 heterocycles. The van der Waals surface area contributed by atoms with Crippen LogP contribution in [0.15, 0.2) is 48.5 Å². The molecule has 1 fully saturated rings. The molecule has 208 valence electrons. The van der Waals surface area contributed by atoms with Crippen LogP contribution >= 0.6 is 0 Å². The average Bonchev–Trinajstić information content (AvgIpc) is 3.28. The summed E-state index contributed by atoms with van der Waals surface area (Å²) >= 11 is 0. The summed E-state index contributed by atoms with van der Waals surface area (Å²) in [7, 11) is 3.83. The molecule has 2 aliphatic rings. The number of ether oxygens (including phenoxy) is 2. The minimum atomic E-state index is -0.419. The van der Waals surface area contributed by atoms with Crippen LogP contribution in [0.25, 0.3) is 10.9 Å². The van der Waals surface area contributed by atoms with Gasteiger partial charge in [0.25, 0.3) is 5.91 Å². The van der Waals surface area contributed by atoms with Crippen LogP contribution in [0.3, 0.4) is 0 Å². The Kier molecular flexibility index (Phi) is 8.15. The molecule has 0 radical (unpaired) electrons. The van der Waals surface area contributed by atoms with Crippen LogP contribution in [-0.2, 0) is 18.3 Å². The first-order valence-corrected chi connectivity index (χ1v) is 14.4. The third-order valence-corrected chi connectivity index (χ3v) is 8.61. The van der Waals surface area contributed by atoms with Crippen LogP contribution in [0.4, 0.5) is 0 Å². The number of aromatic nitrogens is 1. The minimum absolute atomic E-state index is 0.0260. The number of benzene rings is 2. The Morgan fingerprint density at radius 2 is 1.77 bits per heavy atom. The van der Waals surface area contributed by atoms with Gasteiger partial charge in [-0.15, -0.1) is 0 Å². The number of hydrogen-bond acceptors (Lipinski definition) is 4. The quantitative estimate of drug-likeness (QED) is 0.451. The van der Waals surface area contributed by atoms with Crippen molar-refractivity contribution in [2.45, 2.75) is 51.9 Å². The number of carbonyl (C=O) groups is 2. The maximum atomic E-state index is 13.8. The number of likely N-dealkylation sites (tertiary alicyclic amines) is 1. The smallest absolute Gasteiger partial charge is 0.270 e. The van der Waals surface area contributed by atoms with Crippen molar-refractivity contribution in [2.75, 3.05) is 39.9 Å². The number of nitrogens with zero attached hydrogens (tertiary/aromatic N) is 3. The summed E-state index contributed by atoms with van der Waals surface area (Å²) in [4.78, 5) is 31.2. The molecular formula is C32H41N3O4. The van der Waals surface area contributed by atoms with E-state index in [4.69, 9.17) is 9.47 Å². The molecule has 1 saturated heterocycles. The zero-order valence-electron chi connectivity index (χ0n) is 23.6. The van der Waals surface area contributed by atoms with E-state index in [1.807, 2.05) is 71.8 Å². The fourth-order valence-corrected chi connectivity index (χ4v) is 6.27. The van der Waals surface area contributed by atoms with Gasteiger partial charge in [-0.1, -0.05) is 31.0 Å². The highest BCUT2D eigenvalue weighted by Gasteiger charge is 2.43. The van der Waals surface area contributed by atoms with Crippen molar-refractivity contribution >= 4 is 22.7 Å². The molecule has 0 atom stereocenters. The van der Waals surface area contributed by atoms with Crippen LogP contribution in [0.2, 0.25) is 0 Å². The van der Waals surface area contributed by atoms with E-state index in [1.165, 1.54) is 5.56 Å². The molecular weight excluding hydrogens is 490 g/mol. The third kappa shape index (κ3) is 5.63. The molecule has 2 amide bonds. The SMILES string of the molecule is CCOc1ccc2c(c1)cc(C(=O)N1CCC3(CCCCCc4ccccc4OCCN(C)C3=O)CC1)n2C. The van der Waals surface area contributed by atoms with Crippen molar-refractivity contribution < 1.29 is 19.1 Å². The molecule has 5 rings (SSSR count). The van der Waals surface area contributed by atoms with Crippen LogP contribution in [0, 0.1) is 5.41 Å². The monoisotopic (exact) mass is 531 g/mol. The van der Waals surface area contributed by atoms with E-state index >= 15 is 0 Å². The number of hydrogen-bond donors (Lipinski definition) is 0. The maximum absolute atomic E-state index is 13.8. The zero-order chi connectivity index (χ0) is 27.4. The van der Waals surface area contributed by atoms with Gasteiger partial charge in [0.2, 0.25) is 5.91 Å². The molecule has 2 aliphatic heterocycles. The van der Waals surface area contributed by atoms with E-state index in [9.17, 15) is 9.59 Å². The lowest BCUT2D eigenvalue weighted by Gasteiger charge is -2.42. The van der Waals surface area contributed by atoms with Crippen molar-refractivity contribution in [3.05, 3.63) is 59.8 Å². The second-order valence-corrected chi connectivity index (χ2v) is 11.1. The van der Waals surface area contributed by atoms with Gasteiger partial charge >= 0.3 is 0 Å². The number of para-hydroxylation sites is 1. The predicted octanol–water partition coefficient (Wildman–Crippen LogP) is 5.45.